The van der Waals surface area contributed by atoms with E-state index in [1.807, 2.05) is 6.07 Å². The van der Waals surface area contributed by atoms with E-state index in [9.17, 15) is 4.39 Å². The van der Waals surface area contributed by atoms with E-state index in [0.717, 1.165) is 5.56 Å². The first-order valence-corrected chi connectivity index (χ1v) is 5.84. The molecule has 94 valence electrons. The molecule has 0 aliphatic heterocycles. The Morgan fingerprint density at radius 1 is 1.22 bits per heavy atom. The highest BCUT2D eigenvalue weighted by molar-refractivity contribution is 6.30. The van der Waals surface area contributed by atoms with E-state index in [1.165, 1.54) is 7.11 Å². The Morgan fingerprint density at radius 2 is 1.94 bits per heavy atom. The largest absolute Gasteiger partial charge is 0.494 e. The molecule has 1 unspecified atom stereocenters. The molecule has 0 radical (unpaired) electrons. The van der Waals surface area contributed by atoms with Gasteiger partial charge in [-0.1, -0.05) is 35.9 Å². The van der Waals surface area contributed by atoms with Crippen LogP contribution in [0.15, 0.2) is 42.5 Å². The zero-order valence-corrected chi connectivity index (χ0v) is 10.6. The summed E-state index contributed by atoms with van der Waals surface area (Å²) in [4.78, 5) is 0. The number of nitrogens with two attached hydrogens (primary N) is 1. The molecular formula is C14H13ClFNO. The zero-order valence-electron chi connectivity index (χ0n) is 9.86. The smallest absolute Gasteiger partial charge is 0.170 e. The molecule has 0 aromatic heterocycles. The van der Waals surface area contributed by atoms with Crippen molar-refractivity contribution in [3.8, 4) is 5.75 Å². The van der Waals surface area contributed by atoms with Gasteiger partial charge in [0.25, 0.3) is 0 Å². The summed E-state index contributed by atoms with van der Waals surface area (Å²) in [5.74, 6) is -0.252. The van der Waals surface area contributed by atoms with Crippen LogP contribution < -0.4 is 10.5 Å². The second-order valence-corrected chi connectivity index (χ2v) is 4.33. The van der Waals surface area contributed by atoms with Gasteiger partial charge in [-0.15, -0.1) is 0 Å². The number of hydrogen-bond donors (Lipinski definition) is 1. The normalized spacial score (nSPS) is 12.2. The summed E-state index contributed by atoms with van der Waals surface area (Å²) < 4.78 is 19.0. The second kappa shape index (κ2) is 5.38. The van der Waals surface area contributed by atoms with E-state index in [-0.39, 0.29) is 5.75 Å². The van der Waals surface area contributed by atoms with Crippen LogP contribution in [0.2, 0.25) is 5.02 Å². The lowest BCUT2D eigenvalue weighted by atomic mass is 9.99. The molecule has 2 aromatic rings. The Labute approximate surface area is 110 Å². The topological polar surface area (TPSA) is 35.2 Å². The van der Waals surface area contributed by atoms with Crippen molar-refractivity contribution >= 4 is 11.6 Å². The first kappa shape index (κ1) is 12.9. The summed E-state index contributed by atoms with van der Waals surface area (Å²) in [5, 5.41) is 0.575. The van der Waals surface area contributed by atoms with Gasteiger partial charge in [-0.05, 0) is 23.8 Å². The highest BCUT2D eigenvalue weighted by Gasteiger charge is 2.16. The van der Waals surface area contributed by atoms with Gasteiger partial charge in [-0.25, -0.2) is 4.39 Å². The lowest BCUT2D eigenvalue weighted by Gasteiger charge is -2.15. The number of methoxy groups -OCH3 is 1. The van der Waals surface area contributed by atoms with E-state index >= 15 is 0 Å². The lowest BCUT2D eigenvalue weighted by molar-refractivity contribution is 0.383. The molecule has 0 saturated heterocycles. The maximum atomic E-state index is 14.1. The Hall–Kier alpha value is -1.58. The van der Waals surface area contributed by atoms with Gasteiger partial charge >= 0.3 is 0 Å². The third kappa shape index (κ3) is 2.47. The SMILES string of the molecule is COc1cccc(C(N)c2cccc(Cl)c2)c1F. The van der Waals surface area contributed by atoms with Crippen molar-refractivity contribution in [3.05, 3.63) is 64.4 Å². The van der Waals surface area contributed by atoms with Crippen molar-refractivity contribution in [2.24, 2.45) is 5.73 Å². The van der Waals surface area contributed by atoms with E-state index in [4.69, 9.17) is 22.1 Å². The molecule has 0 fully saturated rings. The number of rotatable bonds is 3. The minimum atomic E-state index is -0.571. The number of benzene rings is 2. The fraction of sp³-hybridized carbons (Fsp3) is 0.143. The predicted molar refractivity (Wildman–Crippen MR) is 70.4 cm³/mol. The van der Waals surface area contributed by atoms with Crippen molar-refractivity contribution in [2.75, 3.05) is 7.11 Å². The summed E-state index contributed by atoms with van der Waals surface area (Å²) in [6, 6.07) is 11.4. The Bertz CT molecular complexity index is 559. The van der Waals surface area contributed by atoms with Crippen LogP contribution in [0.3, 0.4) is 0 Å². The summed E-state index contributed by atoms with van der Waals surface area (Å²) in [7, 11) is 1.42. The maximum absolute atomic E-state index is 14.1. The minimum absolute atomic E-state index is 0.185. The van der Waals surface area contributed by atoms with E-state index in [1.54, 1.807) is 36.4 Å². The third-order valence-electron chi connectivity index (χ3n) is 2.76. The Balaban J connectivity index is 2.43. The molecule has 0 saturated carbocycles. The molecular weight excluding hydrogens is 253 g/mol. The molecule has 1 atom stereocenters. The highest BCUT2D eigenvalue weighted by atomic mass is 35.5. The first-order valence-electron chi connectivity index (χ1n) is 5.47. The monoisotopic (exact) mass is 265 g/mol. The van der Waals surface area contributed by atoms with Crippen LogP contribution in [0.5, 0.6) is 5.75 Å². The van der Waals surface area contributed by atoms with E-state index < -0.39 is 11.9 Å². The van der Waals surface area contributed by atoms with Crippen LogP contribution in [-0.4, -0.2) is 7.11 Å². The molecule has 0 aliphatic carbocycles. The van der Waals surface area contributed by atoms with Crippen molar-refractivity contribution in [1.82, 2.24) is 0 Å². The molecule has 4 heteroatoms. The quantitative estimate of drug-likeness (QED) is 0.921. The Kier molecular flexibility index (Phi) is 3.84. The molecule has 0 bridgehead atoms. The van der Waals surface area contributed by atoms with Gasteiger partial charge in [-0.2, -0.15) is 0 Å². The van der Waals surface area contributed by atoms with Crippen molar-refractivity contribution in [1.29, 1.82) is 0 Å². The predicted octanol–water partition coefficient (Wildman–Crippen LogP) is 3.54. The molecule has 0 spiro atoms. The molecule has 2 nitrogen and oxygen atoms in total. The average Bonchev–Trinajstić information content (AvgIpc) is 2.38. The van der Waals surface area contributed by atoms with Crippen LogP contribution in [0.4, 0.5) is 4.39 Å². The van der Waals surface area contributed by atoms with Gasteiger partial charge in [0.05, 0.1) is 13.2 Å². The second-order valence-electron chi connectivity index (χ2n) is 3.90. The van der Waals surface area contributed by atoms with Crippen LogP contribution in [0.1, 0.15) is 17.2 Å². The Morgan fingerprint density at radius 3 is 2.61 bits per heavy atom. The van der Waals surface area contributed by atoms with Gasteiger partial charge < -0.3 is 10.5 Å². The van der Waals surface area contributed by atoms with E-state index in [2.05, 4.69) is 0 Å². The van der Waals surface area contributed by atoms with Gasteiger partial charge in [-0.3, -0.25) is 0 Å². The number of halogens is 2. The molecule has 0 amide bonds. The summed E-state index contributed by atoms with van der Waals surface area (Å²) >= 11 is 5.90. The molecule has 2 N–H and O–H groups in total. The van der Waals surface area contributed by atoms with Gasteiger partial charge in [0.15, 0.2) is 11.6 Å². The van der Waals surface area contributed by atoms with Crippen LogP contribution in [-0.2, 0) is 0 Å². The number of ether oxygens (including phenoxy) is 1. The molecule has 2 aromatic carbocycles. The zero-order chi connectivity index (χ0) is 13.1. The van der Waals surface area contributed by atoms with Crippen LogP contribution in [0, 0.1) is 5.82 Å². The fourth-order valence-corrected chi connectivity index (χ4v) is 2.00. The van der Waals surface area contributed by atoms with E-state index in [0.29, 0.717) is 10.6 Å². The standard InChI is InChI=1S/C14H13ClFNO/c1-18-12-7-3-6-11(13(12)16)14(17)9-4-2-5-10(15)8-9/h2-8,14H,17H2,1H3. The summed E-state index contributed by atoms with van der Waals surface area (Å²) in [6.07, 6.45) is 0. The van der Waals surface area contributed by atoms with Crippen LogP contribution in [0.25, 0.3) is 0 Å². The third-order valence-corrected chi connectivity index (χ3v) is 2.99. The van der Waals surface area contributed by atoms with Crippen molar-refractivity contribution in [3.63, 3.8) is 0 Å². The molecule has 18 heavy (non-hydrogen) atoms. The summed E-state index contributed by atoms with van der Waals surface area (Å²) in [6.45, 7) is 0. The van der Waals surface area contributed by atoms with Crippen LogP contribution >= 0.6 is 11.6 Å². The lowest BCUT2D eigenvalue weighted by Crippen LogP contribution is -2.14. The first-order chi connectivity index (χ1) is 8.63. The van der Waals surface area contributed by atoms with Gasteiger partial charge in [0.1, 0.15) is 0 Å². The average molecular weight is 266 g/mol. The molecule has 2 rings (SSSR count). The van der Waals surface area contributed by atoms with Crippen molar-refractivity contribution in [2.45, 2.75) is 6.04 Å². The molecule has 0 aliphatic rings. The highest BCUT2D eigenvalue weighted by Crippen LogP contribution is 2.28. The minimum Gasteiger partial charge on any atom is -0.494 e. The van der Waals surface area contributed by atoms with Gasteiger partial charge in [0, 0.05) is 10.6 Å². The summed E-state index contributed by atoms with van der Waals surface area (Å²) in [5.41, 5.74) is 7.20. The maximum Gasteiger partial charge on any atom is 0.170 e. The number of hydrogen-bond acceptors (Lipinski definition) is 2. The van der Waals surface area contributed by atoms with Gasteiger partial charge in [0.2, 0.25) is 0 Å². The fourth-order valence-electron chi connectivity index (χ4n) is 1.81. The molecule has 0 heterocycles. The van der Waals surface area contributed by atoms with Crippen molar-refractivity contribution < 1.29 is 9.13 Å².